The van der Waals surface area contributed by atoms with Gasteiger partial charge in [-0.1, -0.05) is 120 Å². The number of nitrogens with one attached hydrogen (secondary N) is 12. The van der Waals surface area contributed by atoms with E-state index in [4.69, 9.17) is 47.4 Å². The Labute approximate surface area is 821 Å². The van der Waals surface area contributed by atoms with Gasteiger partial charge in [0.15, 0.2) is 0 Å². The Balaban J connectivity index is 7.21. The van der Waals surface area contributed by atoms with E-state index in [0.29, 0.717) is 96.3 Å². The molecule has 0 saturated heterocycles. The van der Waals surface area contributed by atoms with Gasteiger partial charge in [-0.15, -0.1) is 0 Å². The number of alkyl carbamates (subject to hydrolysis) is 2. The average Bonchev–Trinajstić information content (AvgIpc) is 0.877. The lowest BCUT2D eigenvalue weighted by molar-refractivity contribution is -0.150. The zero-order chi connectivity index (χ0) is 104. The highest BCUT2D eigenvalue weighted by Crippen LogP contribution is 2.17. The Bertz CT molecular complexity index is 3690. The highest BCUT2D eigenvalue weighted by molar-refractivity contribution is 5.96. The molecule has 0 heterocycles. The van der Waals surface area contributed by atoms with Gasteiger partial charge < -0.3 is 101 Å². The maximum Gasteiger partial charge on any atom is 0.414 e. The molecule has 796 valence electrons. The van der Waals surface area contributed by atoms with Gasteiger partial charge in [-0.05, 0) is 183 Å². The Morgan fingerprint density at radius 1 is 0.223 bits per heavy atom. The first-order valence-corrected chi connectivity index (χ1v) is 50.3. The molecule has 0 radical (unpaired) electrons. The van der Waals surface area contributed by atoms with Gasteiger partial charge in [-0.3, -0.25) is 77.8 Å². The van der Waals surface area contributed by atoms with Gasteiger partial charge in [-0.25, -0.2) is 28.8 Å². The highest BCUT2D eigenvalue weighted by atomic mass is 16.6. The van der Waals surface area contributed by atoms with Crippen LogP contribution in [0.1, 0.15) is 360 Å². The summed E-state index contributed by atoms with van der Waals surface area (Å²) in [6.45, 7) is 25.2. The summed E-state index contributed by atoms with van der Waals surface area (Å²) in [6.07, 6.45) is 5.78. The lowest BCUT2D eigenvalue weighted by atomic mass is 10.1. The van der Waals surface area contributed by atoms with Crippen LogP contribution in [0.15, 0.2) is 0 Å². The van der Waals surface area contributed by atoms with Crippen molar-refractivity contribution >= 4 is 119 Å². The van der Waals surface area contributed by atoms with E-state index < -0.39 is 198 Å². The summed E-state index contributed by atoms with van der Waals surface area (Å²) in [4.78, 5) is 269. The monoisotopic (exact) mass is 1980 g/mol. The van der Waals surface area contributed by atoms with Crippen molar-refractivity contribution in [2.24, 2.45) is 0 Å². The van der Waals surface area contributed by atoms with Gasteiger partial charge in [0.2, 0.25) is 59.1 Å². The number of carbonyl (C=O) groups excluding carboxylic acids is 20. The van der Waals surface area contributed by atoms with Crippen molar-refractivity contribution in [1.29, 1.82) is 0 Å². The second-order valence-electron chi connectivity index (χ2n) is 36.0. The number of carbonyl (C=O) groups is 20. The third kappa shape index (κ3) is 69.6. The van der Waals surface area contributed by atoms with Gasteiger partial charge >= 0.3 is 59.9 Å². The molecule has 42 heteroatoms. The molecule has 0 spiro atoms. The van der Waals surface area contributed by atoms with Crippen LogP contribution >= 0.6 is 0 Å². The maximum absolute atomic E-state index is 14.5. The van der Waals surface area contributed by atoms with Crippen LogP contribution in [0, 0.1) is 0 Å². The van der Waals surface area contributed by atoms with E-state index in [9.17, 15) is 95.9 Å². The van der Waals surface area contributed by atoms with Crippen LogP contribution in [-0.4, -0.2) is 258 Å². The molecule has 0 aromatic carbocycles. The van der Waals surface area contributed by atoms with Gasteiger partial charge in [0.25, 0.3) is 0 Å². The van der Waals surface area contributed by atoms with E-state index in [1.54, 1.807) is 41.5 Å². The standard InChI is InChI=1S/C97H168N12O30/c1-15-23-59-130-82(116)52-45-72(90(124)134-63-27-19-5)104-79(113)50-43-70(88(122)107-74(92(126)136-65-29-21-7)47-54-84(118)132-61-25-17-3)102-77(111)40-33-31-36-56-98-76(110)49-42-69(106-87(121)68(39-35-38-58-100-94(128)138-96(9,10)11)101-67-81(115)109-95(129)139-97(12,13)14)86(120)99-57-37-32-34-41-78(112)103-71(89(123)108-75(93(127)137-66-30-22-8)48-55-85(119)133-62-26-18-4)44-51-80(114)105-73(91(125)135-64-28-20-6)46-53-83(117)131-60-24-16-2/h68-75,101H,15-67H2,1-14H3,(H,98,110)(H,99,120)(H,100,128)(H,102,111)(H,103,112)(H,104,113)(H,105,114)(H,106,121)(H,107,122)(H,108,123)(H,109,115,129). The van der Waals surface area contributed by atoms with E-state index in [1.807, 2.05) is 55.4 Å². The minimum Gasteiger partial charge on any atom is -0.466 e. The summed E-state index contributed by atoms with van der Waals surface area (Å²) in [5.74, 6) is -13.4. The molecule has 0 aromatic rings. The van der Waals surface area contributed by atoms with Crippen LogP contribution in [0.3, 0.4) is 0 Å². The molecule has 42 nitrogen and oxygen atoms in total. The summed E-state index contributed by atoms with van der Waals surface area (Å²) in [7, 11) is 0. The van der Waals surface area contributed by atoms with Crippen molar-refractivity contribution in [2.75, 3.05) is 79.0 Å². The second-order valence-corrected chi connectivity index (χ2v) is 36.0. The molecule has 12 amide bonds. The Morgan fingerprint density at radius 2 is 0.489 bits per heavy atom. The van der Waals surface area contributed by atoms with Gasteiger partial charge in [-0.2, -0.15) is 0 Å². The molecule has 0 aliphatic carbocycles. The van der Waals surface area contributed by atoms with Crippen LogP contribution < -0.4 is 63.8 Å². The van der Waals surface area contributed by atoms with Crippen LogP contribution in [0.5, 0.6) is 0 Å². The molecule has 139 heavy (non-hydrogen) atoms. The highest BCUT2D eigenvalue weighted by Gasteiger charge is 2.35. The first kappa shape index (κ1) is 128. The largest absolute Gasteiger partial charge is 0.466 e. The minimum absolute atomic E-state index is 0.00177. The van der Waals surface area contributed by atoms with Crippen LogP contribution in [0.25, 0.3) is 0 Å². The lowest BCUT2D eigenvalue weighted by Gasteiger charge is -2.24. The number of amides is 12. The molecule has 0 fully saturated rings. The number of hydrogen-bond donors (Lipinski definition) is 12. The molecule has 12 N–H and O–H groups in total. The van der Waals surface area contributed by atoms with Crippen molar-refractivity contribution in [2.45, 2.75) is 420 Å². The number of ether oxygens (including phenoxy) is 10. The second kappa shape index (κ2) is 78.9. The molecule has 8 unspecified atom stereocenters. The van der Waals surface area contributed by atoms with Crippen molar-refractivity contribution in [3.63, 3.8) is 0 Å². The molecular weight excluding hydrogens is 1810 g/mol. The maximum atomic E-state index is 14.5. The van der Waals surface area contributed by atoms with Crippen LogP contribution in [-0.2, 0) is 134 Å². The summed E-state index contributed by atoms with van der Waals surface area (Å²) in [5.41, 5.74) is -1.78. The molecule has 0 rings (SSSR count). The van der Waals surface area contributed by atoms with Crippen molar-refractivity contribution in [3.05, 3.63) is 0 Å². The summed E-state index contributed by atoms with van der Waals surface area (Å²) in [6, 6.07) is -11.0. The average molecular weight is 1980 g/mol. The fraction of sp³-hybridized carbons (Fsp3) is 0.794. The Kier molecular flexibility index (Phi) is 72.7. The zero-order valence-electron chi connectivity index (χ0n) is 85.3. The quantitative estimate of drug-likeness (QED) is 0.0154. The van der Waals surface area contributed by atoms with E-state index in [2.05, 4.69) is 63.8 Å². The molecule has 0 aliphatic rings. The third-order valence-corrected chi connectivity index (χ3v) is 20.8. The summed E-state index contributed by atoms with van der Waals surface area (Å²) < 4.78 is 53.4. The number of imide groups is 1. The van der Waals surface area contributed by atoms with Gasteiger partial charge in [0, 0.05) is 77.4 Å². The smallest absolute Gasteiger partial charge is 0.414 e. The van der Waals surface area contributed by atoms with Crippen molar-refractivity contribution in [1.82, 2.24) is 63.8 Å². The fourth-order valence-electron chi connectivity index (χ4n) is 12.6. The molecule has 0 aliphatic heterocycles. The fourth-order valence-corrected chi connectivity index (χ4v) is 12.6. The minimum atomic E-state index is -1.50. The van der Waals surface area contributed by atoms with Gasteiger partial charge in [0.1, 0.15) is 53.5 Å². The molecule has 0 bridgehead atoms. The topological polar surface area (TPSA) is 578 Å². The third-order valence-electron chi connectivity index (χ3n) is 20.8. The normalized spacial score (nSPS) is 12.8. The molecule has 0 saturated carbocycles. The summed E-state index contributed by atoms with van der Waals surface area (Å²) in [5, 5.41) is 31.5. The number of hydrogen-bond acceptors (Lipinski definition) is 31. The van der Waals surface area contributed by atoms with E-state index in [0.717, 1.165) is 25.7 Å². The number of rotatable bonds is 80. The first-order valence-electron chi connectivity index (χ1n) is 50.3. The SMILES string of the molecule is CCCCOC(=O)CCC(NC(=O)CCC(NC(=O)CCCCCNC(=O)CCC(NC(=O)C(CCCCNC(=O)OC(C)(C)C)NCC(=O)NC(=O)OC(C)(C)C)C(=O)NCCCCCC(=O)NC(CCC(=O)NC(CCC(=O)OCCCC)C(=O)OCCCC)C(=O)NC(CCC(=O)OCCCC)C(=O)OCCCC)C(=O)NC(CCC(=O)OCCCC)C(=O)OCCCC)C(=O)OCCCC. The number of unbranched alkanes of at least 4 members (excludes halogenated alkanes) is 13. The molecular formula is C97H168N12O30. The number of esters is 8. The van der Waals surface area contributed by atoms with Crippen LogP contribution in [0.2, 0.25) is 0 Å². The Hall–Kier alpha value is -10.8. The van der Waals surface area contributed by atoms with E-state index in [1.165, 1.54) is 0 Å². The van der Waals surface area contributed by atoms with Crippen molar-refractivity contribution in [3.8, 4) is 0 Å². The predicted molar refractivity (Wildman–Crippen MR) is 512 cm³/mol. The zero-order valence-corrected chi connectivity index (χ0v) is 85.3. The predicted octanol–water partition coefficient (Wildman–Crippen LogP) is 8.65. The van der Waals surface area contributed by atoms with Gasteiger partial charge in [0.05, 0.1) is 65.4 Å². The first-order chi connectivity index (χ1) is 66.2. The van der Waals surface area contributed by atoms with Crippen LogP contribution in [0.4, 0.5) is 9.59 Å². The van der Waals surface area contributed by atoms with Crippen molar-refractivity contribution < 1.29 is 143 Å². The lowest BCUT2D eigenvalue weighted by Crippen LogP contribution is -2.54. The molecule has 0 aromatic heterocycles. The summed E-state index contributed by atoms with van der Waals surface area (Å²) >= 11 is 0. The molecule has 8 atom stereocenters. The van der Waals surface area contributed by atoms with E-state index >= 15 is 0 Å². The Morgan fingerprint density at radius 3 is 0.835 bits per heavy atom. The van der Waals surface area contributed by atoms with E-state index in [-0.39, 0.29) is 201 Å².